The molecule has 0 bridgehead atoms. The number of halogens is 1. The number of benzene rings is 2. The van der Waals surface area contributed by atoms with E-state index in [1.54, 1.807) is 12.1 Å². The SMILES string of the molecule is CCS(=O)(=O)c1ccccc1NC(=O)/C=C/c1ccc(Cl)c([N+](=O)[O-])c1. The minimum atomic E-state index is -3.49. The molecule has 136 valence electrons. The number of nitrogens with zero attached hydrogens (tertiary/aromatic N) is 1. The highest BCUT2D eigenvalue weighted by atomic mass is 35.5. The highest BCUT2D eigenvalue weighted by Gasteiger charge is 2.17. The zero-order valence-electron chi connectivity index (χ0n) is 13.7. The van der Waals surface area contributed by atoms with E-state index in [1.807, 2.05) is 0 Å². The molecule has 1 amide bonds. The fourth-order valence-corrected chi connectivity index (χ4v) is 3.35. The quantitative estimate of drug-likeness (QED) is 0.456. The van der Waals surface area contributed by atoms with E-state index in [9.17, 15) is 23.3 Å². The average molecular weight is 395 g/mol. The van der Waals surface area contributed by atoms with E-state index in [0.717, 1.165) is 6.08 Å². The van der Waals surface area contributed by atoms with Gasteiger partial charge in [0.15, 0.2) is 9.84 Å². The van der Waals surface area contributed by atoms with Crippen LogP contribution in [0.25, 0.3) is 6.08 Å². The molecule has 0 aliphatic carbocycles. The molecule has 26 heavy (non-hydrogen) atoms. The number of carbonyl (C=O) groups is 1. The second kappa shape index (κ2) is 8.11. The Balaban J connectivity index is 2.22. The van der Waals surface area contributed by atoms with Crippen LogP contribution in [0.3, 0.4) is 0 Å². The van der Waals surface area contributed by atoms with Crippen LogP contribution in [0.1, 0.15) is 12.5 Å². The van der Waals surface area contributed by atoms with Gasteiger partial charge in [-0.2, -0.15) is 0 Å². The van der Waals surface area contributed by atoms with Crippen molar-refractivity contribution in [2.24, 2.45) is 0 Å². The minimum Gasteiger partial charge on any atom is -0.321 e. The second-order valence-electron chi connectivity index (χ2n) is 5.19. The van der Waals surface area contributed by atoms with Gasteiger partial charge in [-0.3, -0.25) is 14.9 Å². The molecule has 0 saturated heterocycles. The van der Waals surface area contributed by atoms with Gasteiger partial charge in [0.05, 0.1) is 21.3 Å². The van der Waals surface area contributed by atoms with Gasteiger partial charge in [-0.15, -0.1) is 0 Å². The van der Waals surface area contributed by atoms with Crippen molar-refractivity contribution in [2.75, 3.05) is 11.1 Å². The highest BCUT2D eigenvalue weighted by Crippen LogP contribution is 2.26. The number of anilines is 1. The van der Waals surface area contributed by atoms with Crippen molar-refractivity contribution in [3.05, 3.63) is 69.2 Å². The monoisotopic (exact) mass is 394 g/mol. The van der Waals surface area contributed by atoms with Crippen molar-refractivity contribution in [3.8, 4) is 0 Å². The molecule has 0 fully saturated rings. The van der Waals surface area contributed by atoms with Crippen LogP contribution in [0.5, 0.6) is 0 Å². The van der Waals surface area contributed by atoms with Crippen LogP contribution in [-0.2, 0) is 14.6 Å². The molecule has 7 nitrogen and oxygen atoms in total. The maximum Gasteiger partial charge on any atom is 0.288 e. The zero-order valence-corrected chi connectivity index (χ0v) is 15.3. The van der Waals surface area contributed by atoms with Gasteiger partial charge in [0.25, 0.3) is 5.69 Å². The third kappa shape index (κ3) is 4.68. The lowest BCUT2D eigenvalue weighted by atomic mass is 10.2. The summed E-state index contributed by atoms with van der Waals surface area (Å²) in [4.78, 5) is 22.4. The number of nitro groups is 1. The molecule has 0 aliphatic heterocycles. The number of hydrogen-bond acceptors (Lipinski definition) is 5. The molecular formula is C17H15ClN2O5S. The number of amides is 1. The number of carbonyl (C=O) groups excluding carboxylic acids is 1. The van der Waals surface area contributed by atoms with Gasteiger partial charge in [-0.25, -0.2) is 8.42 Å². The maximum atomic E-state index is 12.1. The Morgan fingerprint density at radius 2 is 1.96 bits per heavy atom. The minimum absolute atomic E-state index is 0.00435. The van der Waals surface area contributed by atoms with Crippen LogP contribution in [0.2, 0.25) is 5.02 Å². The molecule has 2 aromatic carbocycles. The Morgan fingerprint density at radius 3 is 2.62 bits per heavy atom. The number of nitrogens with one attached hydrogen (secondary N) is 1. The van der Waals surface area contributed by atoms with Crippen LogP contribution in [-0.4, -0.2) is 25.0 Å². The van der Waals surface area contributed by atoms with Crippen LogP contribution in [0.15, 0.2) is 53.4 Å². The largest absolute Gasteiger partial charge is 0.321 e. The Kier molecular flexibility index (Phi) is 6.12. The summed E-state index contributed by atoms with van der Waals surface area (Å²) in [5.41, 5.74) is 0.311. The third-order valence-corrected chi connectivity index (χ3v) is 5.56. The van der Waals surface area contributed by atoms with E-state index in [4.69, 9.17) is 11.6 Å². The number of para-hydroxylation sites is 1. The normalized spacial score (nSPS) is 11.5. The lowest BCUT2D eigenvalue weighted by molar-refractivity contribution is -0.384. The molecule has 9 heteroatoms. The molecule has 2 aromatic rings. The molecule has 1 N–H and O–H groups in total. The summed E-state index contributed by atoms with van der Waals surface area (Å²) in [5, 5.41) is 13.4. The highest BCUT2D eigenvalue weighted by molar-refractivity contribution is 7.91. The third-order valence-electron chi connectivity index (χ3n) is 3.45. The molecule has 0 aliphatic rings. The molecular weight excluding hydrogens is 380 g/mol. The van der Waals surface area contributed by atoms with Crippen LogP contribution >= 0.6 is 11.6 Å². The van der Waals surface area contributed by atoms with Gasteiger partial charge in [0.1, 0.15) is 5.02 Å². The fraction of sp³-hybridized carbons (Fsp3) is 0.118. The summed E-state index contributed by atoms with van der Waals surface area (Å²) in [6.45, 7) is 1.52. The lowest BCUT2D eigenvalue weighted by Crippen LogP contribution is -2.13. The summed E-state index contributed by atoms with van der Waals surface area (Å²) in [6.07, 6.45) is 2.53. The molecule has 0 spiro atoms. The first-order valence-electron chi connectivity index (χ1n) is 7.49. The van der Waals surface area contributed by atoms with Gasteiger partial charge >= 0.3 is 0 Å². The van der Waals surface area contributed by atoms with E-state index in [1.165, 1.54) is 43.3 Å². The first kappa shape index (κ1) is 19.6. The number of sulfone groups is 1. The maximum absolute atomic E-state index is 12.1. The van der Waals surface area contributed by atoms with Gasteiger partial charge in [-0.1, -0.05) is 36.7 Å². The molecule has 0 aromatic heterocycles. The fourth-order valence-electron chi connectivity index (χ4n) is 2.12. The summed E-state index contributed by atoms with van der Waals surface area (Å²) in [7, 11) is -3.49. The Bertz CT molecular complexity index is 986. The Hall–Kier alpha value is -2.71. The van der Waals surface area contributed by atoms with Crippen LogP contribution in [0.4, 0.5) is 11.4 Å². The topological polar surface area (TPSA) is 106 Å². The summed E-state index contributed by atoms with van der Waals surface area (Å²) < 4.78 is 24.1. The van der Waals surface area contributed by atoms with E-state index in [0.29, 0.717) is 5.56 Å². The van der Waals surface area contributed by atoms with Crippen molar-refractivity contribution < 1.29 is 18.1 Å². The molecule has 0 unspecified atom stereocenters. The zero-order chi connectivity index (χ0) is 19.3. The van der Waals surface area contributed by atoms with E-state index in [2.05, 4.69) is 5.32 Å². The first-order valence-corrected chi connectivity index (χ1v) is 9.52. The smallest absolute Gasteiger partial charge is 0.288 e. The Morgan fingerprint density at radius 1 is 1.27 bits per heavy atom. The predicted molar refractivity (Wildman–Crippen MR) is 99.9 cm³/mol. The first-order chi connectivity index (χ1) is 12.2. The number of nitro benzene ring substituents is 1. The molecule has 0 radical (unpaired) electrons. The summed E-state index contributed by atoms with van der Waals surface area (Å²) >= 11 is 5.73. The van der Waals surface area contributed by atoms with E-state index >= 15 is 0 Å². The van der Waals surface area contributed by atoms with E-state index in [-0.39, 0.29) is 27.0 Å². The molecule has 0 heterocycles. The van der Waals surface area contributed by atoms with Crippen molar-refractivity contribution in [3.63, 3.8) is 0 Å². The van der Waals surface area contributed by atoms with Gasteiger partial charge in [0.2, 0.25) is 5.91 Å². The standard InChI is InChI=1S/C17H15ClN2O5S/c1-2-26(24,25)16-6-4-3-5-14(16)19-17(21)10-8-12-7-9-13(18)15(11-12)20(22)23/h3-11H,2H2,1H3,(H,19,21)/b10-8+. The van der Waals surface area contributed by atoms with Gasteiger partial charge in [-0.05, 0) is 29.8 Å². The Labute approximate surface area is 155 Å². The molecule has 0 atom stereocenters. The van der Waals surface area contributed by atoms with Crippen LogP contribution < -0.4 is 5.32 Å². The van der Waals surface area contributed by atoms with Crippen molar-refractivity contribution >= 4 is 44.8 Å². The van der Waals surface area contributed by atoms with Gasteiger partial charge < -0.3 is 5.32 Å². The number of hydrogen-bond donors (Lipinski definition) is 1. The van der Waals surface area contributed by atoms with Crippen LogP contribution in [0, 0.1) is 10.1 Å². The molecule has 2 rings (SSSR count). The van der Waals surface area contributed by atoms with Crippen molar-refractivity contribution in [1.82, 2.24) is 0 Å². The summed E-state index contributed by atoms with van der Waals surface area (Å²) in [5.74, 6) is -0.661. The van der Waals surface area contributed by atoms with Crippen molar-refractivity contribution in [1.29, 1.82) is 0 Å². The number of rotatable bonds is 6. The summed E-state index contributed by atoms with van der Waals surface area (Å²) in [6, 6.07) is 10.2. The lowest BCUT2D eigenvalue weighted by Gasteiger charge is -2.09. The predicted octanol–water partition coefficient (Wildman–Crippen LogP) is 3.69. The van der Waals surface area contributed by atoms with E-state index < -0.39 is 20.7 Å². The second-order valence-corrected chi connectivity index (χ2v) is 7.84. The average Bonchev–Trinajstić information content (AvgIpc) is 2.61. The van der Waals surface area contributed by atoms with Gasteiger partial charge in [0, 0.05) is 12.1 Å². The molecule has 0 saturated carbocycles. The van der Waals surface area contributed by atoms with Crippen molar-refractivity contribution in [2.45, 2.75) is 11.8 Å².